The molecular formula is C28H29ClN4O3. The molecule has 0 aliphatic heterocycles. The maximum absolute atomic E-state index is 13.2. The van der Waals surface area contributed by atoms with Gasteiger partial charge in [0.15, 0.2) is 0 Å². The molecule has 4 aromatic rings. The van der Waals surface area contributed by atoms with E-state index in [1.54, 1.807) is 6.07 Å². The van der Waals surface area contributed by atoms with Crippen molar-refractivity contribution in [3.63, 3.8) is 0 Å². The van der Waals surface area contributed by atoms with Crippen LogP contribution in [0, 0.1) is 13.8 Å². The molecule has 0 saturated heterocycles. The Hall–Kier alpha value is -3.42. The highest BCUT2D eigenvalue weighted by Crippen LogP contribution is 2.33. The molecule has 1 amide bonds. The summed E-state index contributed by atoms with van der Waals surface area (Å²) in [6, 6.07) is 15.5. The molecule has 3 N–H and O–H groups in total. The summed E-state index contributed by atoms with van der Waals surface area (Å²) < 4.78 is 5.38. The number of nitrogens with one attached hydrogen (secondary N) is 2. The minimum absolute atomic E-state index is 0.0446. The molecule has 0 unspecified atom stereocenters. The third-order valence-electron chi connectivity index (χ3n) is 6.77. The van der Waals surface area contributed by atoms with Gasteiger partial charge in [-0.25, -0.2) is 4.98 Å². The van der Waals surface area contributed by atoms with Crippen molar-refractivity contribution in [3.8, 4) is 11.1 Å². The second-order valence-electron chi connectivity index (χ2n) is 9.45. The minimum atomic E-state index is -0.272. The lowest BCUT2D eigenvalue weighted by molar-refractivity contribution is 0.0863. The van der Waals surface area contributed by atoms with Crippen molar-refractivity contribution >= 4 is 34.1 Å². The fourth-order valence-electron chi connectivity index (χ4n) is 4.86. The number of hydrogen-bond donors (Lipinski definition) is 3. The van der Waals surface area contributed by atoms with Gasteiger partial charge in [-0.2, -0.15) is 0 Å². The zero-order valence-corrected chi connectivity index (χ0v) is 21.1. The second-order valence-corrected chi connectivity index (χ2v) is 9.88. The number of aliphatic hydroxyl groups excluding tert-OH is 1. The summed E-state index contributed by atoms with van der Waals surface area (Å²) >= 11 is 6.18. The Kier molecular flexibility index (Phi) is 6.94. The highest BCUT2D eigenvalue weighted by molar-refractivity contribution is 6.30. The average molecular weight is 505 g/mol. The Morgan fingerprint density at radius 1 is 1.11 bits per heavy atom. The number of nitrogens with zero attached hydrogens (tertiary/aromatic N) is 2. The molecule has 2 aromatic carbocycles. The number of hydrogen-bond acceptors (Lipinski definition) is 6. The van der Waals surface area contributed by atoms with Gasteiger partial charge < -0.3 is 20.3 Å². The van der Waals surface area contributed by atoms with Gasteiger partial charge >= 0.3 is 0 Å². The van der Waals surface area contributed by atoms with E-state index < -0.39 is 0 Å². The van der Waals surface area contributed by atoms with Crippen LogP contribution >= 0.6 is 11.6 Å². The van der Waals surface area contributed by atoms with Gasteiger partial charge in [0.05, 0.1) is 17.3 Å². The lowest BCUT2D eigenvalue weighted by atomic mass is 9.93. The van der Waals surface area contributed by atoms with E-state index in [9.17, 15) is 9.90 Å². The van der Waals surface area contributed by atoms with E-state index >= 15 is 0 Å². The van der Waals surface area contributed by atoms with Gasteiger partial charge in [-0.05, 0) is 81.0 Å². The summed E-state index contributed by atoms with van der Waals surface area (Å²) in [4.78, 5) is 17.8. The van der Waals surface area contributed by atoms with Crippen molar-refractivity contribution in [2.24, 2.45) is 0 Å². The van der Waals surface area contributed by atoms with E-state index in [1.165, 1.54) is 0 Å². The van der Waals surface area contributed by atoms with Crippen LogP contribution in [0.4, 0.5) is 5.69 Å². The maximum Gasteiger partial charge on any atom is 0.270 e. The lowest BCUT2D eigenvalue weighted by Gasteiger charge is -2.26. The van der Waals surface area contributed by atoms with Crippen molar-refractivity contribution in [2.75, 3.05) is 5.32 Å². The van der Waals surface area contributed by atoms with E-state index in [1.807, 2.05) is 50.2 Å². The third-order valence-corrected chi connectivity index (χ3v) is 7.00. The van der Waals surface area contributed by atoms with Crippen molar-refractivity contribution in [3.05, 3.63) is 76.3 Å². The van der Waals surface area contributed by atoms with E-state index in [2.05, 4.69) is 21.9 Å². The van der Waals surface area contributed by atoms with Gasteiger partial charge in [0.25, 0.3) is 5.91 Å². The number of benzene rings is 2. The molecule has 1 aliphatic carbocycles. The van der Waals surface area contributed by atoms with Gasteiger partial charge in [-0.15, -0.1) is 0 Å². The van der Waals surface area contributed by atoms with Gasteiger partial charge in [-0.3, -0.25) is 4.79 Å². The fourth-order valence-corrected chi connectivity index (χ4v) is 5.08. The summed E-state index contributed by atoms with van der Waals surface area (Å²) in [5.74, 6) is 0.542. The predicted octanol–water partition coefficient (Wildman–Crippen LogP) is 5.81. The molecule has 0 radical (unpaired) electrons. The molecule has 7 nitrogen and oxygen atoms in total. The second kappa shape index (κ2) is 10.3. The molecule has 186 valence electrons. The first-order valence-electron chi connectivity index (χ1n) is 12.2. The predicted molar refractivity (Wildman–Crippen MR) is 141 cm³/mol. The lowest BCUT2D eigenvalue weighted by Crippen LogP contribution is -2.38. The highest BCUT2D eigenvalue weighted by Gasteiger charge is 2.23. The number of aromatic nitrogens is 2. The van der Waals surface area contributed by atoms with Gasteiger partial charge in [-0.1, -0.05) is 35.0 Å². The number of amides is 1. The quantitative estimate of drug-likeness (QED) is 0.306. The van der Waals surface area contributed by atoms with Crippen LogP contribution in [0.2, 0.25) is 5.02 Å². The highest BCUT2D eigenvalue weighted by atomic mass is 35.5. The van der Waals surface area contributed by atoms with Gasteiger partial charge in [0, 0.05) is 34.2 Å². The van der Waals surface area contributed by atoms with Crippen LogP contribution < -0.4 is 10.6 Å². The SMILES string of the molecule is Cc1noc(C)c1-c1ccc2nc(C(=O)NC3CCC(O)CC3)cc(NCc3cccc(Cl)c3)c2c1. The Morgan fingerprint density at radius 2 is 1.92 bits per heavy atom. The molecule has 8 heteroatoms. The van der Waals surface area contributed by atoms with Crippen molar-refractivity contribution in [2.45, 2.75) is 58.2 Å². The minimum Gasteiger partial charge on any atom is -0.393 e. The summed E-state index contributed by atoms with van der Waals surface area (Å²) in [6.07, 6.45) is 2.66. The van der Waals surface area contributed by atoms with E-state index in [4.69, 9.17) is 21.1 Å². The Balaban J connectivity index is 1.50. The number of halogens is 1. The number of anilines is 1. The summed E-state index contributed by atoms with van der Waals surface area (Å²) in [7, 11) is 0. The van der Waals surface area contributed by atoms with Crippen LogP contribution in [0.3, 0.4) is 0 Å². The molecule has 36 heavy (non-hydrogen) atoms. The summed E-state index contributed by atoms with van der Waals surface area (Å²) in [5.41, 5.74) is 5.65. The Bertz CT molecular complexity index is 1390. The molecule has 2 heterocycles. The number of carbonyl (C=O) groups excluding carboxylic acids is 1. The summed E-state index contributed by atoms with van der Waals surface area (Å²) in [5, 5.41) is 22.0. The molecule has 5 rings (SSSR count). The van der Waals surface area contributed by atoms with E-state index in [-0.39, 0.29) is 18.1 Å². The van der Waals surface area contributed by atoms with Crippen LogP contribution in [0.25, 0.3) is 22.0 Å². The number of pyridine rings is 1. The number of aliphatic hydroxyl groups is 1. The molecule has 0 bridgehead atoms. The van der Waals surface area contributed by atoms with E-state index in [0.29, 0.717) is 35.6 Å². The van der Waals surface area contributed by atoms with Crippen LogP contribution in [-0.4, -0.2) is 33.3 Å². The van der Waals surface area contributed by atoms with Gasteiger partial charge in [0.1, 0.15) is 11.5 Å². The molecule has 1 saturated carbocycles. The molecule has 0 spiro atoms. The normalized spacial score (nSPS) is 17.8. The topological polar surface area (TPSA) is 100 Å². The number of rotatable bonds is 6. The van der Waals surface area contributed by atoms with Crippen molar-refractivity contribution < 1.29 is 14.4 Å². The summed E-state index contributed by atoms with van der Waals surface area (Å²) in [6.45, 7) is 4.36. The zero-order chi connectivity index (χ0) is 25.2. The average Bonchev–Trinajstić information content (AvgIpc) is 3.21. The number of carbonyl (C=O) groups is 1. The van der Waals surface area contributed by atoms with Crippen LogP contribution in [0.5, 0.6) is 0 Å². The molecule has 2 aromatic heterocycles. The zero-order valence-electron chi connectivity index (χ0n) is 20.3. The molecule has 1 fully saturated rings. The molecule has 1 aliphatic rings. The number of fused-ring (bicyclic) bond motifs is 1. The fraction of sp³-hybridized carbons (Fsp3) is 0.321. The van der Waals surface area contributed by atoms with Gasteiger partial charge in [0.2, 0.25) is 0 Å². The molecular weight excluding hydrogens is 476 g/mol. The maximum atomic E-state index is 13.2. The third kappa shape index (κ3) is 5.22. The molecule has 0 atom stereocenters. The van der Waals surface area contributed by atoms with Crippen LogP contribution in [0.15, 0.2) is 53.1 Å². The Morgan fingerprint density at radius 3 is 2.64 bits per heavy atom. The smallest absolute Gasteiger partial charge is 0.270 e. The largest absolute Gasteiger partial charge is 0.393 e. The van der Waals surface area contributed by atoms with E-state index in [0.717, 1.165) is 52.1 Å². The number of aryl methyl sites for hydroxylation is 2. The first kappa shape index (κ1) is 24.3. The monoisotopic (exact) mass is 504 g/mol. The standard InChI is InChI=1S/C28H29ClN4O3/c1-16-27(17(2)36-33-16)19-6-11-24-23(13-19)25(30-15-18-4-3-5-20(29)12-18)14-26(32-24)28(35)31-21-7-9-22(34)10-8-21/h3-6,11-14,21-22,34H,7-10,15H2,1-2H3,(H,30,32)(H,31,35). The van der Waals surface area contributed by atoms with Crippen molar-refractivity contribution in [1.29, 1.82) is 0 Å². The Labute approximate surface area is 214 Å². The first-order valence-corrected chi connectivity index (χ1v) is 12.6. The van der Waals surface area contributed by atoms with Crippen LogP contribution in [0.1, 0.15) is 53.2 Å². The first-order chi connectivity index (χ1) is 17.4. The van der Waals surface area contributed by atoms with Crippen LogP contribution in [-0.2, 0) is 6.54 Å². The van der Waals surface area contributed by atoms with Crippen molar-refractivity contribution in [1.82, 2.24) is 15.5 Å².